The first kappa shape index (κ1) is 27.2. The monoisotopic (exact) mass is 519 g/mol. The molecule has 0 unspecified atom stereocenters. The molecule has 1 N–H and O–H groups in total. The zero-order chi connectivity index (χ0) is 27.1. The summed E-state index contributed by atoms with van der Waals surface area (Å²) in [7, 11) is 5.16. The predicted molar refractivity (Wildman–Crippen MR) is 144 cm³/mol. The van der Waals surface area contributed by atoms with Gasteiger partial charge < -0.3 is 29.3 Å². The summed E-state index contributed by atoms with van der Waals surface area (Å²) in [4.78, 5) is 39.5. The molecule has 3 aromatic rings. The van der Waals surface area contributed by atoms with Crippen LogP contribution in [0.4, 0.5) is 17.3 Å². The molecule has 1 aromatic heterocycles. The molecule has 1 fully saturated rings. The minimum atomic E-state index is -0.665. The molecule has 0 radical (unpaired) electrons. The number of ether oxygens (including phenoxy) is 3. The Morgan fingerprint density at radius 3 is 2.39 bits per heavy atom. The number of benzene rings is 2. The Morgan fingerprint density at radius 2 is 1.74 bits per heavy atom. The number of anilines is 3. The van der Waals surface area contributed by atoms with E-state index >= 15 is 0 Å². The Hall–Kier alpha value is -3.86. The predicted octanol–water partition coefficient (Wildman–Crippen LogP) is 3.67. The quantitative estimate of drug-likeness (QED) is 0.242. The lowest BCUT2D eigenvalue weighted by molar-refractivity contribution is -0.106. The lowest BCUT2D eigenvalue weighted by atomic mass is 10.0. The number of hydrogen-bond acceptors (Lipinski definition) is 10. The van der Waals surface area contributed by atoms with E-state index in [1.54, 1.807) is 31.2 Å². The number of esters is 1. The van der Waals surface area contributed by atoms with Crippen LogP contribution in [-0.2, 0) is 14.2 Å². The molecule has 0 amide bonds. The van der Waals surface area contributed by atoms with Crippen molar-refractivity contribution >= 4 is 29.1 Å². The van der Waals surface area contributed by atoms with Gasteiger partial charge in [-0.25, -0.2) is 14.8 Å². The molecule has 0 saturated carbocycles. The number of nitrogens with one attached hydrogen (secondary N) is 1. The smallest absolute Gasteiger partial charge is 0.342 e. The Balaban J connectivity index is 1.60. The Labute approximate surface area is 222 Å². The molecule has 0 bridgehead atoms. The van der Waals surface area contributed by atoms with Gasteiger partial charge in [-0.05, 0) is 44.3 Å². The SMILES string of the molecule is CCOC(=O)c1cnc(Nc2ccc(N3CCN(C)CC3)cc2)nc1C(=O)c1cccc(C(OC)OC)c1. The Morgan fingerprint density at radius 1 is 1.03 bits per heavy atom. The van der Waals surface area contributed by atoms with Crippen LogP contribution in [0.3, 0.4) is 0 Å². The van der Waals surface area contributed by atoms with Crippen LogP contribution in [0.2, 0.25) is 0 Å². The molecule has 10 nitrogen and oxygen atoms in total. The van der Waals surface area contributed by atoms with Gasteiger partial charge in [-0.2, -0.15) is 0 Å². The van der Waals surface area contributed by atoms with E-state index in [0.29, 0.717) is 11.1 Å². The standard InChI is InChI=1S/C28H33N5O5/c1-5-38-26(35)23-18-29-28(30-21-9-11-22(12-10-21)33-15-13-32(2)14-16-33)31-24(23)25(34)19-7-6-8-20(17-19)27(36-3)37-4/h6-12,17-18,27H,5,13-16H2,1-4H3,(H,29,30,31). The fourth-order valence-electron chi connectivity index (χ4n) is 4.25. The van der Waals surface area contributed by atoms with Gasteiger partial charge in [0.1, 0.15) is 11.3 Å². The van der Waals surface area contributed by atoms with E-state index in [1.165, 1.54) is 20.4 Å². The zero-order valence-corrected chi connectivity index (χ0v) is 22.1. The summed E-state index contributed by atoms with van der Waals surface area (Å²) in [5.41, 5.74) is 2.82. The molecule has 38 heavy (non-hydrogen) atoms. The second-order valence-electron chi connectivity index (χ2n) is 8.90. The van der Waals surface area contributed by atoms with Crippen LogP contribution < -0.4 is 10.2 Å². The second-order valence-corrected chi connectivity index (χ2v) is 8.90. The highest BCUT2D eigenvalue weighted by molar-refractivity contribution is 6.13. The third kappa shape index (κ3) is 6.34. The number of nitrogens with zero attached hydrogens (tertiary/aromatic N) is 4. The van der Waals surface area contributed by atoms with Crippen LogP contribution in [0.1, 0.15) is 45.2 Å². The summed E-state index contributed by atoms with van der Waals surface area (Å²) < 4.78 is 15.8. The van der Waals surface area contributed by atoms with Gasteiger partial charge in [0.05, 0.1) is 6.61 Å². The Kier molecular flexibility index (Phi) is 9.01. The molecular weight excluding hydrogens is 486 g/mol. The third-order valence-corrected chi connectivity index (χ3v) is 6.34. The van der Waals surface area contributed by atoms with Crippen LogP contribution in [0.25, 0.3) is 0 Å². The third-order valence-electron chi connectivity index (χ3n) is 6.34. The average molecular weight is 520 g/mol. The number of rotatable bonds is 10. The molecule has 2 aromatic carbocycles. The van der Waals surface area contributed by atoms with E-state index in [1.807, 2.05) is 24.3 Å². The normalized spacial score (nSPS) is 14.0. The van der Waals surface area contributed by atoms with E-state index in [4.69, 9.17) is 14.2 Å². The van der Waals surface area contributed by atoms with Crippen LogP contribution >= 0.6 is 0 Å². The van der Waals surface area contributed by atoms with Crippen molar-refractivity contribution in [1.29, 1.82) is 0 Å². The number of carbonyl (C=O) groups excluding carboxylic acids is 2. The topological polar surface area (TPSA) is 106 Å². The first-order valence-electron chi connectivity index (χ1n) is 12.5. The molecule has 0 spiro atoms. The maximum absolute atomic E-state index is 13.6. The Bertz CT molecular complexity index is 1250. The zero-order valence-electron chi connectivity index (χ0n) is 22.1. The summed E-state index contributed by atoms with van der Waals surface area (Å²) in [5.74, 6) is -0.921. The maximum atomic E-state index is 13.6. The highest BCUT2D eigenvalue weighted by Crippen LogP contribution is 2.24. The van der Waals surface area contributed by atoms with Gasteiger partial charge in [0.2, 0.25) is 11.7 Å². The molecule has 0 atom stereocenters. The van der Waals surface area contributed by atoms with Gasteiger partial charge in [-0.1, -0.05) is 18.2 Å². The van der Waals surface area contributed by atoms with Crippen molar-refractivity contribution in [3.8, 4) is 0 Å². The number of piperazine rings is 1. The molecule has 2 heterocycles. The van der Waals surface area contributed by atoms with Gasteiger partial charge >= 0.3 is 5.97 Å². The molecule has 200 valence electrons. The molecule has 1 aliphatic heterocycles. The van der Waals surface area contributed by atoms with Crippen molar-refractivity contribution in [2.45, 2.75) is 13.2 Å². The van der Waals surface area contributed by atoms with E-state index in [2.05, 4.69) is 32.1 Å². The number of aromatic nitrogens is 2. The van der Waals surface area contributed by atoms with Crippen LogP contribution in [0.15, 0.2) is 54.7 Å². The molecule has 0 aliphatic carbocycles. The van der Waals surface area contributed by atoms with Crippen molar-refractivity contribution in [3.05, 3.63) is 77.1 Å². The summed E-state index contributed by atoms with van der Waals surface area (Å²) >= 11 is 0. The summed E-state index contributed by atoms with van der Waals surface area (Å²) in [6.07, 6.45) is 0.680. The van der Waals surface area contributed by atoms with E-state index in [0.717, 1.165) is 37.6 Å². The van der Waals surface area contributed by atoms with Crippen molar-refractivity contribution in [2.24, 2.45) is 0 Å². The number of hydrogen-bond donors (Lipinski definition) is 1. The fraction of sp³-hybridized carbons (Fsp3) is 0.357. The van der Waals surface area contributed by atoms with Crippen LogP contribution in [0.5, 0.6) is 0 Å². The average Bonchev–Trinajstić information content (AvgIpc) is 2.94. The van der Waals surface area contributed by atoms with Gasteiger partial charge in [0.25, 0.3) is 0 Å². The highest BCUT2D eigenvalue weighted by atomic mass is 16.7. The maximum Gasteiger partial charge on any atom is 0.342 e. The van der Waals surface area contributed by atoms with Gasteiger partial charge in [-0.15, -0.1) is 0 Å². The van der Waals surface area contributed by atoms with Gasteiger partial charge in [0, 0.05) is 69.1 Å². The summed E-state index contributed by atoms with van der Waals surface area (Å²) in [6, 6.07) is 14.8. The van der Waals surface area contributed by atoms with Crippen molar-refractivity contribution < 1.29 is 23.8 Å². The minimum absolute atomic E-state index is 0.00625. The molecule has 1 aliphatic rings. The number of likely N-dealkylation sites (N-methyl/N-ethyl adjacent to an activating group) is 1. The van der Waals surface area contributed by atoms with Crippen molar-refractivity contribution in [2.75, 3.05) is 64.3 Å². The van der Waals surface area contributed by atoms with Gasteiger partial charge in [-0.3, -0.25) is 4.79 Å². The number of methoxy groups -OCH3 is 2. The minimum Gasteiger partial charge on any atom is -0.462 e. The van der Waals surface area contributed by atoms with Crippen LogP contribution in [-0.4, -0.2) is 80.7 Å². The van der Waals surface area contributed by atoms with Crippen molar-refractivity contribution in [1.82, 2.24) is 14.9 Å². The number of carbonyl (C=O) groups is 2. The largest absolute Gasteiger partial charge is 0.462 e. The lowest BCUT2D eigenvalue weighted by Gasteiger charge is -2.34. The lowest BCUT2D eigenvalue weighted by Crippen LogP contribution is -2.44. The summed E-state index contributed by atoms with van der Waals surface area (Å²) in [6.45, 7) is 5.86. The van der Waals surface area contributed by atoms with E-state index < -0.39 is 18.0 Å². The first-order chi connectivity index (χ1) is 18.4. The molecule has 1 saturated heterocycles. The number of ketones is 1. The van der Waals surface area contributed by atoms with Gasteiger partial charge in [0.15, 0.2) is 6.29 Å². The molecule has 4 rings (SSSR count). The first-order valence-corrected chi connectivity index (χ1v) is 12.5. The van der Waals surface area contributed by atoms with E-state index in [-0.39, 0.29) is 23.8 Å². The molecular formula is C28H33N5O5. The second kappa shape index (κ2) is 12.6. The van der Waals surface area contributed by atoms with Crippen molar-refractivity contribution in [3.63, 3.8) is 0 Å². The van der Waals surface area contributed by atoms with E-state index in [9.17, 15) is 9.59 Å². The van der Waals surface area contributed by atoms with Crippen LogP contribution in [0, 0.1) is 0 Å². The fourth-order valence-corrected chi connectivity index (χ4v) is 4.25. The highest BCUT2D eigenvalue weighted by Gasteiger charge is 2.24. The summed E-state index contributed by atoms with van der Waals surface area (Å²) in [5, 5.41) is 3.14. The molecule has 10 heteroatoms.